The summed E-state index contributed by atoms with van der Waals surface area (Å²) >= 11 is 0. The molecule has 2 atom stereocenters. The second-order valence-corrected chi connectivity index (χ2v) is 6.21. The number of hydrogen-bond donors (Lipinski definition) is 0. The van der Waals surface area contributed by atoms with E-state index in [0.717, 1.165) is 6.04 Å². The molecule has 0 amide bonds. The Morgan fingerprint density at radius 2 is 1.94 bits per heavy atom. The van der Waals surface area contributed by atoms with Crippen LogP contribution in [0.3, 0.4) is 0 Å². The lowest BCUT2D eigenvalue weighted by molar-refractivity contribution is 0.0854. The molecule has 2 aliphatic heterocycles. The molecular weight excluding hydrogens is 206 g/mol. The summed E-state index contributed by atoms with van der Waals surface area (Å²) in [4.78, 5) is 2.68. The molecule has 0 aliphatic carbocycles. The van der Waals surface area contributed by atoms with Crippen molar-refractivity contribution in [2.75, 3.05) is 13.1 Å². The van der Waals surface area contributed by atoms with Gasteiger partial charge in [0.2, 0.25) is 0 Å². The van der Waals surface area contributed by atoms with Crippen LogP contribution in [0.2, 0.25) is 0 Å². The van der Waals surface area contributed by atoms with Crippen LogP contribution >= 0.6 is 0 Å². The molecule has 0 N–H and O–H groups in total. The molecule has 0 saturated carbocycles. The van der Waals surface area contributed by atoms with E-state index in [0.29, 0.717) is 5.41 Å². The first-order valence-electron chi connectivity index (χ1n) is 6.99. The Bertz CT molecular complexity index is 394. The fraction of sp³-hybridized carbons (Fsp3) is 0.625. The smallest absolute Gasteiger partial charge is 0.0116 e. The molecule has 92 valence electrons. The monoisotopic (exact) mass is 229 g/mol. The second-order valence-electron chi connectivity index (χ2n) is 6.21. The maximum absolute atomic E-state index is 2.68. The van der Waals surface area contributed by atoms with Gasteiger partial charge in [-0.15, -0.1) is 0 Å². The van der Waals surface area contributed by atoms with Crippen molar-refractivity contribution < 1.29 is 0 Å². The van der Waals surface area contributed by atoms with E-state index in [2.05, 4.69) is 43.0 Å². The molecule has 2 heterocycles. The van der Waals surface area contributed by atoms with E-state index < -0.39 is 0 Å². The summed E-state index contributed by atoms with van der Waals surface area (Å²) in [5.41, 5.74) is 3.33. The summed E-state index contributed by atoms with van der Waals surface area (Å²) in [7, 11) is 0. The van der Waals surface area contributed by atoms with Crippen LogP contribution in [-0.2, 0) is 5.41 Å². The molecule has 1 aromatic rings. The summed E-state index contributed by atoms with van der Waals surface area (Å²) in [6.07, 6.45) is 5.49. The highest BCUT2D eigenvalue weighted by atomic mass is 15.2. The molecule has 0 spiro atoms. The molecule has 2 fully saturated rings. The first-order valence-corrected chi connectivity index (χ1v) is 6.99. The zero-order valence-corrected chi connectivity index (χ0v) is 11.1. The fourth-order valence-corrected chi connectivity index (χ4v) is 3.53. The Balaban J connectivity index is 1.86. The number of rotatable bonds is 1. The summed E-state index contributed by atoms with van der Waals surface area (Å²) in [5.74, 6) is 0. The van der Waals surface area contributed by atoms with Crippen LogP contribution in [0, 0.1) is 6.92 Å². The Morgan fingerprint density at radius 3 is 2.59 bits per heavy atom. The van der Waals surface area contributed by atoms with Gasteiger partial charge >= 0.3 is 0 Å². The highest BCUT2D eigenvalue weighted by Gasteiger charge is 2.38. The number of benzene rings is 1. The highest BCUT2D eigenvalue weighted by Crippen LogP contribution is 2.40. The van der Waals surface area contributed by atoms with E-state index in [-0.39, 0.29) is 0 Å². The maximum atomic E-state index is 2.68. The molecule has 0 aromatic heterocycles. The number of fused-ring (bicyclic) bond motifs is 1. The van der Waals surface area contributed by atoms with Gasteiger partial charge in [0.15, 0.2) is 0 Å². The SMILES string of the molecule is Cc1ccc(C2(C)CCCN3CCC3C2)cc1. The van der Waals surface area contributed by atoms with E-state index in [1.807, 2.05) is 0 Å². The Hall–Kier alpha value is -0.820. The fourth-order valence-electron chi connectivity index (χ4n) is 3.53. The largest absolute Gasteiger partial charge is 0.300 e. The summed E-state index contributed by atoms with van der Waals surface area (Å²) in [5, 5.41) is 0. The van der Waals surface area contributed by atoms with Gasteiger partial charge in [0.25, 0.3) is 0 Å². The Morgan fingerprint density at radius 1 is 1.18 bits per heavy atom. The molecule has 3 rings (SSSR count). The second kappa shape index (κ2) is 4.13. The van der Waals surface area contributed by atoms with Crippen LogP contribution in [0.5, 0.6) is 0 Å². The maximum Gasteiger partial charge on any atom is 0.0116 e. The van der Waals surface area contributed by atoms with Crippen molar-refractivity contribution in [3.05, 3.63) is 35.4 Å². The van der Waals surface area contributed by atoms with Gasteiger partial charge in [-0.05, 0) is 56.7 Å². The van der Waals surface area contributed by atoms with E-state index in [4.69, 9.17) is 0 Å². The van der Waals surface area contributed by atoms with Gasteiger partial charge < -0.3 is 4.90 Å². The van der Waals surface area contributed by atoms with Crippen molar-refractivity contribution >= 4 is 0 Å². The van der Waals surface area contributed by atoms with E-state index in [1.165, 1.54) is 44.3 Å². The molecule has 0 bridgehead atoms. The van der Waals surface area contributed by atoms with Gasteiger partial charge in [0.05, 0.1) is 0 Å². The quantitative estimate of drug-likeness (QED) is 0.712. The first-order chi connectivity index (χ1) is 8.17. The average Bonchev–Trinajstić information content (AvgIpc) is 2.41. The zero-order chi connectivity index (χ0) is 11.9. The van der Waals surface area contributed by atoms with Crippen molar-refractivity contribution in [3.8, 4) is 0 Å². The van der Waals surface area contributed by atoms with Crippen molar-refractivity contribution in [2.24, 2.45) is 0 Å². The molecule has 17 heavy (non-hydrogen) atoms. The van der Waals surface area contributed by atoms with Gasteiger partial charge in [-0.3, -0.25) is 0 Å². The predicted octanol–water partition coefficient (Wildman–Crippen LogP) is 3.51. The topological polar surface area (TPSA) is 3.24 Å². The van der Waals surface area contributed by atoms with Crippen LogP contribution < -0.4 is 0 Å². The minimum Gasteiger partial charge on any atom is -0.300 e. The van der Waals surface area contributed by atoms with E-state index >= 15 is 0 Å². The highest BCUT2D eigenvalue weighted by molar-refractivity contribution is 5.29. The molecule has 1 aromatic carbocycles. The minimum absolute atomic E-state index is 0.410. The molecule has 2 saturated heterocycles. The number of nitrogens with zero attached hydrogens (tertiary/aromatic N) is 1. The van der Waals surface area contributed by atoms with Crippen molar-refractivity contribution in [3.63, 3.8) is 0 Å². The lowest BCUT2D eigenvalue weighted by atomic mass is 9.73. The molecule has 1 heteroatoms. The van der Waals surface area contributed by atoms with Crippen LogP contribution in [0.15, 0.2) is 24.3 Å². The van der Waals surface area contributed by atoms with Crippen molar-refractivity contribution in [2.45, 2.75) is 51.0 Å². The molecule has 1 nitrogen and oxygen atoms in total. The number of aryl methyl sites for hydroxylation is 1. The standard InChI is InChI=1S/C16H23N/c1-13-4-6-14(7-5-13)16(2)9-3-10-17-11-8-15(17)12-16/h4-7,15H,3,8-12H2,1-2H3. The average molecular weight is 229 g/mol. The van der Waals surface area contributed by atoms with E-state index in [1.54, 1.807) is 5.56 Å². The third kappa shape index (κ3) is 2.01. The minimum atomic E-state index is 0.410. The van der Waals surface area contributed by atoms with Gasteiger partial charge in [-0.25, -0.2) is 0 Å². The summed E-state index contributed by atoms with van der Waals surface area (Å²) in [6, 6.07) is 10.1. The van der Waals surface area contributed by atoms with Crippen LogP contribution in [0.25, 0.3) is 0 Å². The molecular formula is C16H23N. The summed E-state index contributed by atoms with van der Waals surface area (Å²) < 4.78 is 0. The molecule has 2 aliphatic rings. The van der Waals surface area contributed by atoms with Gasteiger partial charge in [-0.2, -0.15) is 0 Å². The molecule has 0 radical (unpaired) electrons. The Labute approximate surface area is 105 Å². The van der Waals surface area contributed by atoms with Crippen molar-refractivity contribution in [1.29, 1.82) is 0 Å². The van der Waals surface area contributed by atoms with Crippen LogP contribution in [0.4, 0.5) is 0 Å². The first kappa shape index (κ1) is 11.3. The van der Waals surface area contributed by atoms with Crippen LogP contribution in [-0.4, -0.2) is 24.0 Å². The van der Waals surface area contributed by atoms with Gasteiger partial charge in [-0.1, -0.05) is 36.8 Å². The summed E-state index contributed by atoms with van der Waals surface area (Å²) in [6.45, 7) is 7.31. The normalized spacial score (nSPS) is 33.6. The lowest BCUT2D eigenvalue weighted by Crippen LogP contribution is -2.48. The zero-order valence-electron chi connectivity index (χ0n) is 11.1. The van der Waals surface area contributed by atoms with Gasteiger partial charge in [0.1, 0.15) is 0 Å². The number of hydrogen-bond acceptors (Lipinski definition) is 1. The third-order valence-corrected chi connectivity index (χ3v) is 4.87. The molecule has 2 unspecified atom stereocenters. The van der Waals surface area contributed by atoms with Crippen LogP contribution in [0.1, 0.15) is 43.7 Å². The van der Waals surface area contributed by atoms with E-state index in [9.17, 15) is 0 Å². The third-order valence-electron chi connectivity index (χ3n) is 4.87. The van der Waals surface area contributed by atoms with Gasteiger partial charge in [0, 0.05) is 6.04 Å². The lowest BCUT2D eigenvalue weighted by Gasteiger charge is -2.42. The van der Waals surface area contributed by atoms with Crippen molar-refractivity contribution in [1.82, 2.24) is 4.90 Å². The predicted molar refractivity (Wildman–Crippen MR) is 72.4 cm³/mol. The Kier molecular flexibility index (Phi) is 2.74.